The number of hydrogen-bond donors (Lipinski definition) is 0. The Kier molecular flexibility index (Phi) is 7.03. The van der Waals surface area contributed by atoms with Crippen LogP contribution in [-0.2, 0) is 4.74 Å². The number of morpholine rings is 1. The van der Waals surface area contributed by atoms with Crippen LogP contribution >= 0.6 is 0 Å². The third kappa shape index (κ3) is 5.53. The standard InChI is InChI=1S/C13H27NO/c1-3-4-5-6-7-8-13(2)14-9-11-15-12-10-14/h13H,3-12H2,1-2H3. The van der Waals surface area contributed by atoms with Crippen LogP contribution in [0.3, 0.4) is 0 Å². The molecule has 0 aromatic heterocycles. The van der Waals surface area contributed by atoms with Crippen LogP contribution < -0.4 is 0 Å². The van der Waals surface area contributed by atoms with Gasteiger partial charge in [0.25, 0.3) is 0 Å². The van der Waals surface area contributed by atoms with Gasteiger partial charge >= 0.3 is 0 Å². The summed E-state index contributed by atoms with van der Waals surface area (Å²) in [6.07, 6.45) is 8.36. The lowest BCUT2D eigenvalue weighted by atomic mass is 10.1. The van der Waals surface area contributed by atoms with Gasteiger partial charge in [-0.25, -0.2) is 0 Å². The maximum atomic E-state index is 5.37. The van der Waals surface area contributed by atoms with Crippen molar-refractivity contribution in [3.8, 4) is 0 Å². The molecule has 0 spiro atoms. The van der Waals surface area contributed by atoms with Crippen LogP contribution in [0.15, 0.2) is 0 Å². The molecule has 0 bridgehead atoms. The summed E-state index contributed by atoms with van der Waals surface area (Å²) in [5.41, 5.74) is 0. The van der Waals surface area contributed by atoms with Gasteiger partial charge in [-0.05, 0) is 13.3 Å². The molecule has 15 heavy (non-hydrogen) atoms. The predicted molar refractivity (Wildman–Crippen MR) is 65.2 cm³/mol. The van der Waals surface area contributed by atoms with E-state index in [-0.39, 0.29) is 0 Å². The second-order valence-corrected chi connectivity index (χ2v) is 4.70. The molecule has 1 rings (SSSR count). The van der Waals surface area contributed by atoms with E-state index >= 15 is 0 Å². The minimum absolute atomic E-state index is 0.760. The van der Waals surface area contributed by atoms with Crippen LogP contribution in [0.25, 0.3) is 0 Å². The molecule has 1 aliphatic rings. The van der Waals surface area contributed by atoms with Gasteiger partial charge in [-0.3, -0.25) is 4.90 Å². The van der Waals surface area contributed by atoms with E-state index in [2.05, 4.69) is 18.7 Å². The molecule has 2 nitrogen and oxygen atoms in total. The van der Waals surface area contributed by atoms with Crippen molar-refractivity contribution in [2.75, 3.05) is 26.3 Å². The minimum atomic E-state index is 0.760. The van der Waals surface area contributed by atoms with Crippen molar-refractivity contribution in [3.63, 3.8) is 0 Å². The molecule has 0 saturated carbocycles. The van der Waals surface area contributed by atoms with E-state index < -0.39 is 0 Å². The van der Waals surface area contributed by atoms with Gasteiger partial charge in [0.15, 0.2) is 0 Å². The van der Waals surface area contributed by atoms with E-state index in [0.29, 0.717) is 0 Å². The van der Waals surface area contributed by atoms with Crippen LogP contribution in [-0.4, -0.2) is 37.2 Å². The van der Waals surface area contributed by atoms with Crippen LogP contribution in [0.2, 0.25) is 0 Å². The van der Waals surface area contributed by atoms with E-state index in [1.807, 2.05) is 0 Å². The molecule has 1 unspecified atom stereocenters. The largest absolute Gasteiger partial charge is 0.379 e. The molecule has 0 N–H and O–H groups in total. The summed E-state index contributed by atoms with van der Waals surface area (Å²) >= 11 is 0. The molecule has 1 atom stereocenters. The molecule has 1 fully saturated rings. The Morgan fingerprint density at radius 1 is 1.07 bits per heavy atom. The third-order valence-corrected chi connectivity index (χ3v) is 3.39. The zero-order chi connectivity index (χ0) is 10.9. The van der Waals surface area contributed by atoms with Crippen LogP contribution in [0.1, 0.15) is 52.4 Å². The first-order valence-electron chi connectivity index (χ1n) is 6.66. The Balaban J connectivity index is 1.99. The monoisotopic (exact) mass is 213 g/mol. The number of ether oxygens (including phenoxy) is 1. The number of unbranched alkanes of at least 4 members (excludes halogenated alkanes) is 4. The predicted octanol–water partition coefficient (Wildman–Crippen LogP) is 3.07. The van der Waals surface area contributed by atoms with Crippen molar-refractivity contribution in [2.45, 2.75) is 58.4 Å². The van der Waals surface area contributed by atoms with Crippen molar-refractivity contribution in [2.24, 2.45) is 0 Å². The Bertz CT molecular complexity index is 143. The van der Waals surface area contributed by atoms with Crippen molar-refractivity contribution >= 4 is 0 Å². The number of rotatable bonds is 7. The average molecular weight is 213 g/mol. The zero-order valence-corrected chi connectivity index (χ0v) is 10.5. The molecule has 0 aliphatic carbocycles. The Labute approximate surface area is 95.0 Å². The van der Waals surface area contributed by atoms with Gasteiger partial charge < -0.3 is 4.74 Å². The summed E-state index contributed by atoms with van der Waals surface area (Å²) in [4.78, 5) is 2.57. The normalized spacial score (nSPS) is 20.4. The van der Waals surface area contributed by atoms with Gasteiger partial charge in [0.1, 0.15) is 0 Å². The first-order chi connectivity index (χ1) is 7.34. The second kappa shape index (κ2) is 8.12. The van der Waals surface area contributed by atoms with E-state index in [4.69, 9.17) is 4.74 Å². The van der Waals surface area contributed by atoms with Crippen molar-refractivity contribution in [1.82, 2.24) is 4.90 Å². The molecule has 0 amide bonds. The fraction of sp³-hybridized carbons (Fsp3) is 1.00. The first kappa shape index (κ1) is 13.0. The quantitative estimate of drug-likeness (QED) is 0.603. The van der Waals surface area contributed by atoms with Crippen molar-refractivity contribution < 1.29 is 4.74 Å². The molecule has 0 aromatic rings. The van der Waals surface area contributed by atoms with Gasteiger partial charge in [0.2, 0.25) is 0 Å². The van der Waals surface area contributed by atoms with E-state index in [1.54, 1.807) is 0 Å². The van der Waals surface area contributed by atoms with Crippen LogP contribution in [0.4, 0.5) is 0 Å². The lowest BCUT2D eigenvalue weighted by Crippen LogP contribution is -2.42. The second-order valence-electron chi connectivity index (χ2n) is 4.70. The topological polar surface area (TPSA) is 12.5 Å². The zero-order valence-electron chi connectivity index (χ0n) is 10.5. The van der Waals surface area contributed by atoms with Crippen LogP contribution in [0, 0.1) is 0 Å². The Hall–Kier alpha value is -0.0800. The maximum Gasteiger partial charge on any atom is 0.0594 e. The van der Waals surface area contributed by atoms with Gasteiger partial charge in [-0.2, -0.15) is 0 Å². The van der Waals surface area contributed by atoms with E-state index in [1.165, 1.54) is 38.5 Å². The fourth-order valence-electron chi connectivity index (χ4n) is 2.24. The average Bonchev–Trinajstić information content (AvgIpc) is 2.30. The van der Waals surface area contributed by atoms with Gasteiger partial charge in [-0.1, -0.05) is 39.0 Å². The number of nitrogens with zero attached hydrogens (tertiary/aromatic N) is 1. The van der Waals surface area contributed by atoms with Gasteiger partial charge in [-0.15, -0.1) is 0 Å². The first-order valence-corrected chi connectivity index (χ1v) is 6.66. The molecule has 2 heteroatoms. The highest BCUT2D eigenvalue weighted by atomic mass is 16.5. The molecule has 0 aromatic carbocycles. The van der Waals surface area contributed by atoms with Gasteiger partial charge in [0, 0.05) is 19.1 Å². The highest BCUT2D eigenvalue weighted by Gasteiger charge is 2.15. The smallest absolute Gasteiger partial charge is 0.0594 e. The molecule has 1 heterocycles. The van der Waals surface area contributed by atoms with Crippen molar-refractivity contribution in [1.29, 1.82) is 0 Å². The Morgan fingerprint density at radius 2 is 1.73 bits per heavy atom. The van der Waals surface area contributed by atoms with Crippen LogP contribution in [0.5, 0.6) is 0 Å². The van der Waals surface area contributed by atoms with E-state index in [9.17, 15) is 0 Å². The fourth-order valence-corrected chi connectivity index (χ4v) is 2.24. The summed E-state index contributed by atoms with van der Waals surface area (Å²) in [6.45, 7) is 8.77. The minimum Gasteiger partial charge on any atom is -0.379 e. The Morgan fingerprint density at radius 3 is 2.40 bits per heavy atom. The summed E-state index contributed by atoms with van der Waals surface area (Å²) in [5, 5.41) is 0. The lowest BCUT2D eigenvalue weighted by Gasteiger charge is -2.32. The highest BCUT2D eigenvalue weighted by molar-refractivity contribution is 4.69. The third-order valence-electron chi connectivity index (χ3n) is 3.39. The summed E-state index contributed by atoms with van der Waals surface area (Å²) in [6, 6.07) is 0.760. The molecule has 90 valence electrons. The molecule has 1 aliphatic heterocycles. The lowest BCUT2D eigenvalue weighted by molar-refractivity contribution is 0.0182. The van der Waals surface area contributed by atoms with Crippen molar-refractivity contribution in [3.05, 3.63) is 0 Å². The molecular formula is C13H27NO. The summed E-state index contributed by atoms with van der Waals surface area (Å²) in [7, 11) is 0. The summed E-state index contributed by atoms with van der Waals surface area (Å²) < 4.78 is 5.37. The summed E-state index contributed by atoms with van der Waals surface area (Å²) in [5.74, 6) is 0. The van der Waals surface area contributed by atoms with Gasteiger partial charge in [0.05, 0.1) is 13.2 Å². The SMILES string of the molecule is CCCCCCCC(C)N1CCOCC1. The highest BCUT2D eigenvalue weighted by Crippen LogP contribution is 2.12. The molecule has 0 radical (unpaired) electrons. The maximum absolute atomic E-state index is 5.37. The molecule has 1 saturated heterocycles. The van der Waals surface area contributed by atoms with E-state index in [0.717, 1.165) is 32.3 Å². The molecular weight excluding hydrogens is 186 g/mol. The number of hydrogen-bond acceptors (Lipinski definition) is 2.